The molecule has 232 valence electrons. The van der Waals surface area contributed by atoms with Gasteiger partial charge < -0.3 is 29.4 Å². The number of likely N-dealkylation sites (tertiary alicyclic amines) is 1. The minimum atomic E-state index is -1.14. The number of hydrogen-bond acceptors (Lipinski definition) is 6. The number of carbonyl (C=O) groups is 2. The smallest absolute Gasteiger partial charge is 0.404 e. The lowest BCUT2D eigenvalue weighted by molar-refractivity contribution is -0.132. The van der Waals surface area contributed by atoms with Gasteiger partial charge in [-0.1, -0.05) is 42.5 Å². The van der Waals surface area contributed by atoms with Crippen LogP contribution in [-0.2, 0) is 22.5 Å². The topological polar surface area (TPSA) is 119 Å². The summed E-state index contributed by atoms with van der Waals surface area (Å²) in [6, 6.07) is 16.0. The summed E-state index contributed by atoms with van der Waals surface area (Å²) in [5.41, 5.74) is 6.50. The maximum Gasteiger partial charge on any atom is 0.404 e. The number of nitrogens with one attached hydrogen (secondary N) is 1. The maximum absolute atomic E-state index is 13.6. The van der Waals surface area contributed by atoms with Gasteiger partial charge in [-0.05, 0) is 55.4 Å². The standard InChI is InChI=1S/C34H41N5O5/c1-23-29-9-4-5-10-30(29)39(16-7-17-43-2)32(23)26-8-6-15-38(22-26)31(40)19-28(37-34(41)42)18-24-11-13-25(14-12-24)27-20-35-33(44-3)36-21-27/h4-5,9-14,20-21,26,28,37H,6-8,15-19,22H2,1-3H3,(H,41,42)/t26?,28-/m1/s1. The van der Waals surface area contributed by atoms with Crippen LogP contribution in [0.3, 0.4) is 0 Å². The highest BCUT2D eigenvalue weighted by molar-refractivity contribution is 5.85. The van der Waals surface area contributed by atoms with Crippen LogP contribution in [0.25, 0.3) is 22.0 Å². The fraction of sp³-hybridized carbons (Fsp3) is 0.412. The van der Waals surface area contributed by atoms with Crippen LogP contribution in [0.5, 0.6) is 6.01 Å². The van der Waals surface area contributed by atoms with Crippen molar-refractivity contribution in [3.05, 3.63) is 77.7 Å². The summed E-state index contributed by atoms with van der Waals surface area (Å²) in [6.07, 6.45) is 5.58. The lowest BCUT2D eigenvalue weighted by Gasteiger charge is -2.35. The molecule has 1 aliphatic heterocycles. The van der Waals surface area contributed by atoms with E-state index in [9.17, 15) is 14.7 Å². The van der Waals surface area contributed by atoms with Gasteiger partial charge in [0.2, 0.25) is 5.91 Å². The summed E-state index contributed by atoms with van der Waals surface area (Å²) in [4.78, 5) is 35.6. The fourth-order valence-corrected chi connectivity index (χ4v) is 6.43. The molecule has 0 saturated carbocycles. The predicted molar refractivity (Wildman–Crippen MR) is 169 cm³/mol. The van der Waals surface area contributed by atoms with Gasteiger partial charge in [0.25, 0.3) is 0 Å². The summed E-state index contributed by atoms with van der Waals surface area (Å²) in [5, 5.41) is 13.4. The Morgan fingerprint density at radius 2 is 1.82 bits per heavy atom. The minimum Gasteiger partial charge on any atom is -0.467 e. The Bertz CT molecular complexity index is 1570. The van der Waals surface area contributed by atoms with Gasteiger partial charge in [0.1, 0.15) is 0 Å². The normalized spacial score (nSPS) is 15.7. The fourth-order valence-electron chi connectivity index (χ4n) is 6.43. The Kier molecular flexibility index (Phi) is 10.1. The van der Waals surface area contributed by atoms with Crippen LogP contribution < -0.4 is 10.1 Å². The average Bonchev–Trinajstić information content (AvgIpc) is 3.32. The number of benzene rings is 2. The van der Waals surface area contributed by atoms with Crippen molar-refractivity contribution in [2.75, 3.05) is 33.9 Å². The quantitative estimate of drug-likeness (QED) is 0.209. The highest BCUT2D eigenvalue weighted by Crippen LogP contribution is 2.36. The van der Waals surface area contributed by atoms with Crippen LogP contribution in [-0.4, -0.2) is 76.5 Å². The third-order valence-electron chi connectivity index (χ3n) is 8.49. The number of carboxylic acid groups (broad SMARTS) is 1. The number of carbonyl (C=O) groups excluding carboxylic acids is 1. The van der Waals surface area contributed by atoms with Crippen molar-refractivity contribution in [2.45, 2.75) is 57.5 Å². The zero-order valence-corrected chi connectivity index (χ0v) is 25.7. The molecule has 3 heterocycles. The first-order chi connectivity index (χ1) is 21.4. The molecule has 0 aliphatic carbocycles. The van der Waals surface area contributed by atoms with Crippen LogP contribution in [0.4, 0.5) is 4.79 Å². The highest BCUT2D eigenvalue weighted by Gasteiger charge is 2.30. The molecule has 0 bridgehead atoms. The molecule has 2 atom stereocenters. The molecule has 1 aliphatic rings. The SMILES string of the molecule is COCCCn1c(C2CCCN(C(=O)C[C@@H](Cc3ccc(-c4cnc(OC)nc4)cc3)NC(=O)O)C2)c(C)c2ccccc21. The second kappa shape index (κ2) is 14.4. The number of fused-ring (bicyclic) bond motifs is 1. The molecule has 1 unspecified atom stereocenters. The van der Waals surface area contributed by atoms with Crippen LogP contribution >= 0.6 is 0 Å². The zero-order chi connectivity index (χ0) is 31.1. The lowest BCUT2D eigenvalue weighted by atomic mass is 9.91. The van der Waals surface area contributed by atoms with Gasteiger partial charge in [0, 0.05) is 86.3 Å². The van der Waals surface area contributed by atoms with E-state index in [2.05, 4.69) is 51.0 Å². The van der Waals surface area contributed by atoms with Gasteiger partial charge in [0.05, 0.1) is 7.11 Å². The number of ether oxygens (including phenoxy) is 2. The molecule has 0 spiro atoms. The molecule has 2 aromatic carbocycles. The molecule has 10 heteroatoms. The third kappa shape index (κ3) is 7.19. The van der Waals surface area contributed by atoms with Crippen molar-refractivity contribution in [2.24, 2.45) is 0 Å². The second-order valence-electron chi connectivity index (χ2n) is 11.4. The van der Waals surface area contributed by atoms with Gasteiger partial charge in [-0.15, -0.1) is 0 Å². The van der Waals surface area contributed by atoms with E-state index < -0.39 is 12.1 Å². The number of piperidine rings is 1. The molecule has 1 fully saturated rings. The van der Waals surface area contributed by atoms with Crippen LogP contribution in [0.15, 0.2) is 60.9 Å². The number of methoxy groups -OCH3 is 2. The zero-order valence-electron chi connectivity index (χ0n) is 25.7. The second-order valence-corrected chi connectivity index (χ2v) is 11.4. The summed E-state index contributed by atoms with van der Waals surface area (Å²) < 4.78 is 12.8. The monoisotopic (exact) mass is 599 g/mol. The molecule has 1 saturated heterocycles. The van der Waals surface area contributed by atoms with Crippen molar-refractivity contribution in [1.82, 2.24) is 24.8 Å². The molecular formula is C34H41N5O5. The first kappa shape index (κ1) is 31.0. The number of para-hydroxylation sites is 1. The molecule has 44 heavy (non-hydrogen) atoms. The van der Waals surface area contributed by atoms with Crippen molar-refractivity contribution in [3.8, 4) is 17.1 Å². The molecular weight excluding hydrogens is 558 g/mol. The first-order valence-electron chi connectivity index (χ1n) is 15.2. The number of hydrogen-bond donors (Lipinski definition) is 2. The van der Waals surface area contributed by atoms with Crippen molar-refractivity contribution in [1.29, 1.82) is 0 Å². The Hall–Kier alpha value is -4.44. The number of aromatic nitrogens is 3. The molecule has 2 aromatic heterocycles. The lowest BCUT2D eigenvalue weighted by Crippen LogP contribution is -2.44. The highest BCUT2D eigenvalue weighted by atomic mass is 16.5. The van der Waals surface area contributed by atoms with Crippen molar-refractivity contribution < 1.29 is 24.2 Å². The van der Waals surface area contributed by atoms with Gasteiger partial charge in [-0.3, -0.25) is 4.79 Å². The first-order valence-corrected chi connectivity index (χ1v) is 15.2. The molecule has 0 radical (unpaired) electrons. The molecule has 10 nitrogen and oxygen atoms in total. The van der Waals surface area contributed by atoms with Crippen LogP contribution in [0.1, 0.15) is 48.4 Å². The summed E-state index contributed by atoms with van der Waals surface area (Å²) in [5.74, 6) is 0.183. The van der Waals surface area contributed by atoms with Crippen LogP contribution in [0.2, 0.25) is 0 Å². The number of aryl methyl sites for hydroxylation is 2. The summed E-state index contributed by atoms with van der Waals surface area (Å²) >= 11 is 0. The van der Waals surface area contributed by atoms with Crippen molar-refractivity contribution >= 4 is 22.9 Å². The Labute approximate surface area is 258 Å². The third-order valence-corrected chi connectivity index (χ3v) is 8.49. The van der Waals surface area contributed by atoms with E-state index in [1.807, 2.05) is 29.2 Å². The van der Waals surface area contributed by atoms with Gasteiger partial charge in [-0.25, -0.2) is 14.8 Å². The largest absolute Gasteiger partial charge is 0.467 e. The molecule has 5 rings (SSSR count). The number of nitrogens with zero attached hydrogens (tertiary/aromatic N) is 4. The Morgan fingerprint density at radius 1 is 1.07 bits per heavy atom. The number of rotatable bonds is 12. The van der Waals surface area contributed by atoms with E-state index in [-0.39, 0.29) is 18.2 Å². The summed E-state index contributed by atoms with van der Waals surface area (Å²) in [6.45, 7) is 5.04. The average molecular weight is 600 g/mol. The Balaban J connectivity index is 1.28. The van der Waals surface area contributed by atoms with Gasteiger partial charge in [0.15, 0.2) is 0 Å². The summed E-state index contributed by atoms with van der Waals surface area (Å²) in [7, 11) is 3.25. The van der Waals surface area contributed by atoms with E-state index in [0.717, 1.165) is 42.5 Å². The van der Waals surface area contributed by atoms with E-state index in [4.69, 9.17) is 9.47 Å². The molecule has 2 amide bonds. The van der Waals surface area contributed by atoms with E-state index in [0.29, 0.717) is 32.1 Å². The Morgan fingerprint density at radius 3 is 2.52 bits per heavy atom. The van der Waals surface area contributed by atoms with Gasteiger partial charge >= 0.3 is 12.1 Å². The van der Waals surface area contributed by atoms with Gasteiger partial charge in [-0.2, -0.15) is 0 Å². The van der Waals surface area contributed by atoms with E-state index >= 15 is 0 Å². The number of amides is 2. The molecule has 2 N–H and O–H groups in total. The molecule has 4 aromatic rings. The minimum absolute atomic E-state index is 0.0276. The van der Waals surface area contributed by atoms with E-state index in [1.54, 1.807) is 19.5 Å². The predicted octanol–water partition coefficient (Wildman–Crippen LogP) is 5.43. The van der Waals surface area contributed by atoms with Crippen LogP contribution in [0, 0.1) is 6.92 Å². The van der Waals surface area contributed by atoms with E-state index in [1.165, 1.54) is 29.3 Å². The van der Waals surface area contributed by atoms with Crippen molar-refractivity contribution in [3.63, 3.8) is 0 Å². The maximum atomic E-state index is 13.6.